The van der Waals surface area contributed by atoms with E-state index < -0.39 is 0 Å². The van der Waals surface area contributed by atoms with E-state index in [4.69, 9.17) is 4.74 Å². The van der Waals surface area contributed by atoms with Crippen LogP contribution in [0.4, 0.5) is 0 Å². The number of Topliss-reactive ketones (excluding diaryl/α,β-unsaturated/α-hetero) is 3. The molecule has 6 rings (SSSR count). The first-order valence-corrected chi connectivity index (χ1v) is 13.5. The van der Waals surface area contributed by atoms with Crippen LogP contribution in [0, 0.1) is 0 Å². The number of carbonyl (C=O) groups excluding carboxylic acids is 4. The van der Waals surface area contributed by atoms with E-state index in [-0.39, 0.29) is 34.3 Å². The van der Waals surface area contributed by atoms with E-state index in [0.29, 0.717) is 27.8 Å². The highest BCUT2D eigenvalue weighted by Crippen LogP contribution is 2.34. The molecule has 0 saturated carbocycles. The minimum absolute atomic E-state index is 0.0345. The number of ether oxygens (including phenoxy) is 1. The van der Waals surface area contributed by atoms with Crippen molar-refractivity contribution in [2.24, 2.45) is 0 Å². The Morgan fingerprint density at radius 2 is 1.16 bits per heavy atom. The second kappa shape index (κ2) is 11.2. The lowest BCUT2D eigenvalue weighted by Crippen LogP contribution is -2.02. The number of methoxy groups -OCH3 is 1. The molecule has 2 aliphatic rings. The number of ketones is 3. The minimum atomic E-state index is -0.376. The van der Waals surface area contributed by atoms with Crippen LogP contribution >= 0.6 is 0 Å². The van der Waals surface area contributed by atoms with Crippen LogP contribution in [0.25, 0.3) is 28.0 Å². The van der Waals surface area contributed by atoms with Gasteiger partial charge in [-0.2, -0.15) is 0 Å². The number of hydrogen-bond acceptors (Lipinski definition) is 6. The van der Waals surface area contributed by atoms with Crippen molar-refractivity contribution in [2.75, 3.05) is 7.11 Å². The summed E-state index contributed by atoms with van der Waals surface area (Å²) in [5, 5.41) is 13.1. The summed E-state index contributed by atoms with van der Waals surface area (Å²) >= 11 is 0. The van der Waals surface area contributed by atoms with Gasteiger partial charge in [0.1, 0.15) is 12.0 Å². The third-order valence-corrected chi connectivity index (χ3v) is 7.55. The average molecular weight is 564 g/mol. The Balaban J connectivity index is 1.18. The highest BCUT2D eigenvalue weighted by atomic mass is 16.5. The molecule has 0 fully saturated rings. The van der Waals surface area contributed by atoms with E-state index in [1.807, 2.05) is 30.3 Å². The summed E-state index contributed by atoms with van der Waals surface area (Å²) in [5.74, 6) is -0.724. The molecule has 4 aromatic rings. The maximum absolute atomic E-state index is 13.1. The molecule has 4 aromatic carbocycles. The van der Waals surface area contributed by atoms with Crippen LogP contribution in [-0.4, -0.2) is 30.7 Å². The summed E-state index contributed by atoms with van der Waals surface area (Å²) in [7, 11) is 1.59. The van der Waals surface area contributed by atoms with Gasteiger partial charge in [-0.05, 0) is 70.3 Å². The number of allylic oxidation sites excluding steroid dienone is 7. The van der Waals surface area contributed by atoms with Crippen molar-refractivity contribution in [2.45, 2.75) is 0 Å². The lowest BCUT2D eigenvalue weighted by Gasteiger charge is -2.11. The number of rotatable bonds is 7. The first-order chi connectivity index (χ1) is 20.9. The zero-order chi connectivity index (χ0) is 30.1. The molecule has 0 amide bonds. The standard InChI is InChI=1S/C37H24O6/c1-43-27-15-11-24(12-16-27)26-14-18-29-33(20-26)37(42)31(35(29)40)6-4-2-3-5-30-34(39)28-17-13-25(19-32(28)36(30)41)23-9-7-22(21-38)8-10-23/h2-21,42H,1H3/p-1. The molecule has 2 aliphatic carbocycles. The lowest BCUT2D eigenvalue weighted by atomic mass is 9.99. The molecule has 6 heteroatoms. The zero-order valence-corrected chi connectivity index (χ0v) is 23.0. The van der Waals surface area contributed by atoms with Crippen molar-refractivity contribution in [3.05, 3.63) is 154 Å². The van der Waals surface area contributed by atoms with Crippen LogP contribution in [0.2, 0.25) is 0 Å². The maximum atomic E-state index is 13.1. The van der Waals surface area contributed by atoms with Crippen LogP contribution in [0.1, 0.15) is 47.0 Å². The molecule has 43 heavy (non-hydrogen) atoms. The fraction of sp³-hybridized carbons (Fsp3) is 0.0270. The Labute approximate surface area is 247 Å². The van der Waals surface area contributed by atoms with Gasteiger partial charge in [0.15, 0.2) is 17.3 Å². The van der Waals surface area contributed by atoms with Gasteiger partial charge in [0, 0.05) is 27.8 Å². The monoisotopic (exact) mass is 563 g/mol. The molecule has 0 unspecified atom stereocenters. The van der Waals surface area contributed by atoms with Gasteiger partial charge in [-0.3, -0.25) is 19.2 Å². The van der Waals surface area contributed by atoms with Crippen molar-refractivity contribution >= 4 is 29.4 Å². The van der Waals surface area contributed by atoms with E-state index in [2.05, 4.69) is 0 Å². The molecular weight excluding hydrogens is 540 g/mol. The minimum Gasteiger partial charge on any atom is -0.872 e. The molecule has 0 bridgehead atoms. The Morgan fingerprint density at radius 3 is 1.79 bits per heavy atom. The third kappa shape index (κ3) is 4.96. The molecule has 208 valence electrons. The van der Waals surface area contributed by atoms with Gasteiger partial charge < -0.3 is 9.84 Å². The second-order valence-electron chi connectivity index (χ2n) is 10.0. The van der Waals surface area contributed by atoms with Gasteiger partial charge in [0.2, 0.25) is 0 Å². The molecule has 0 saturated heterocycles. The van der Waals surface area contributed by atoms with Crippen LogP contribution in [0.5, 0.6) is 5.75 Å². The van der Waals surface area contributed by atoms with Crippen LogP contribution in [0.3, 0.4) is 0 Å². The van der Waals surface area contributed by atoms with Crippen molar-refractivity contribution < 1.29 is 29.0 Å². The maximum Gasteiger partial charge on any atom is 0.197 e. The normalized spacial score (nSPS) is 15.2. The summed E-state index contributed by atoms with van der Waals surface area (Å²) in [6, 6.07) is 24.7. The zero-order valence-electron chi connectivity index (χ0n) is 23.0. The van der Waals surface area contributed by atoms with Crippen molar-refractivity contribution in [1.29, 1.82) is 0 Å². The number of hydrogen-bond donors (Lipinski definition) is 0. The fourth-order valence-electron chi connectivity index (χ4n) is 5.21. The van der Waals surface area contributed by atoms with E-state index in [1.165, 1.54) is 24.3 Å². The number of benzene rings is 4. The van der Waals surface area contributed by atoms with E-state index in [9.17, 15) is 24.3 Å². The molecule has 0 atom stereocenters. The van der Waals surface area contributed by atoms with Gasteiger partial charge in [-0.25, -0.2) is 0 Å². The summed E-state index contributed by atoms with van der Waals surface area (Å²) in [6.07, 6.45) is 8.28. The highest BCUT2D eigenvalue weighted by molar-refractivity contribution is 6.39. The lowest BCUT2D eigenvalue weighted by molar-refractivity contribution is -0.244. The van der Waals surface area contributed by atoms with Crippen LogP contribution in [0.15, 0.2) is 126 Å². The van der Waals surface area contributed by atoms with Gasteiger partial charge in [0.05, 0.1) is 12.7 Å². The molecule has 0 spiro atoms. The van der Waals surface area contributed by atoms with Crippen molar-refractivity contribution in [3.8, 4) is 28.0 Å². The topological polar surface area (TPSA) is 101 Å². The summed E-state index contributed by atoms with van der Waals surface area (Å²) in [5.41, 5.74) is 5.28. The molecule has 0 heterocycles. The van der Waals surface area contributed by atoms with Crippen LogP contribution < -0.4 is 9.84 Å². The predicted octanol–water partition coefficient (Wildman–Crippen LogP) is 6.23. The van der Waals surface area contributed by atoms with Crippen molar-refractivity contribution in [1.82, 2.24) is 0 Å². The number of fused-ring (bicyclic) bond motifs is 2. The van der Waals surface area contributed by atoms with E-state index >= 15 is 0 Å². The van der Waals surface area contributed by atoms with Gasteiger partial charge in [-0.1, -0.05) is 78.6 Å². The fourth-order valence-corrected chi connectivity index (χ4v) is 5.21. The van der Waals surface area contributed by atoms with Crippen LogP contribution in [-0.2, 0) is 0 Å². The predicted molar refractivity (Wildman–Crippen MR) is 162 cm³/mol. The Bertz CT molecular complexity index is 1950. The van der Waals surface area contributed by atoms with Gasteiger partial charge >= 0.3 is 0 Å². The Morgan fingerprint density at radius 1 is 0.605 bits per heavy atom. The molecular formula is C37H23O6-. The Kier molecular flexibility index (Phi) is 7.10. The third-order valence-electron chi connectivity index (χ3n) is 7.55. The van der Waals surface area contributed by atoms with Gasteiger partial charge in [0.25, 0.3) is 0 Å². The SMILES string of the molecule is COc1ccc(-c2ccc3c(c2)C([O-])=C(C=CC=CC=C2C(=O)c4ccc(-c5ccc(C=O)cc5)cc4C2=O)C3=O)cc1. The number of aldehydes is 1. The van der Waals surface area contributed by atoms with Gasteiger partial charge in [-0.15, -0.1) is 0 Å². The Hall–Kier alpha value is -5.88. The van der Waals surface area contributed by atoms with E-state index in [1.54, 1.807) is 67.8 Å². The molecule has 0 aliphatic heterocycles. The highest BCUT2D eigenvalue weighted by Gasteiger charge is 2.32. The smallest absolute Gasteiger partial charge is 0.197 e. The molecule has 6 nitrogen and oxygen atoms in total. The largest absolute Gasteiger partial charge is 0.872 e. The first-order valence-electron chi connectivity index (χ1n) is 13.5. The first kappa shape index (κ1) is 27.3. The van der Waals surface area contributed by atoms with Crippen molar-refractivity contribution in [3.63, 3.8) is 0 Å². The molecule has 0 radical (unpaired) electrons. The summed E-state index contributed by atoms with van der Waals surface area (Å²) in [4.78, 5) is 49.8. The molecule has 0 aromatic heterocycles. The quantitative estimate of drug-likeness (QED) is 0.114. The summed E-state index contributed by atoms with van der Waals surface area (Å²) < 4.78 is 5.20. The second-order valence-corrected chi connectivity index (χ2v) is 10.0. The average Bonchev–Trinajstić information content (AvgIpc) is 3.43. The summed E-state index contributed by atoms with van der Waals surface area (Å²) in [6.45, 7) is 0. The molecule has 0 N–H and O–H groups in total. The van der Waals surface area contributed by atoms with E-state index in [0.717, 1.165) is 34.3 Å². The number of carbonyl (C=O) groups is 4.